The minimum Gasteiger partial charge on any atom is -0.444 e. The molecule has 1 heterocycles. The maximum Gasteiger partial charge on any atom is 0.339 e. The van der Waals surface area contributed by atoms with Gasteiger partial charge in [-0.3, -0.25) is 4.79 Å². The highest BCUT2D eigenvalue weighted by Gasteiger charge is 2.27. The standard InChI is InChI=1S/C20H21NO3S2/c1-21(2)18(22)17(14-6-4-3-5-7-14)24-19(23)15-8-10-16(11-9-15)20-25-12-13-26-20/h3-11,17,20H,12-13H2,1-2H3/t17-/m1/s1. The van der Waals surface area contributed by atoms with Gasteiger partial charge >= 0.3 is 5.97 Å². The topological polar surface area (TPSA) is 46.6 Å². The van der Waals surface area contributed by atoms with Gasteiger partial charge < -0.3 is 9.64 Å². The Labute approximate surface area is 162 Å². The molecule has 0 saturated carbocycles. The molecule has 1 atom stereocenters. The number of hydrogen-bond acceptors (Lipinski definition) is 5. The summed E-state index contributed by atoms with van der Waals surface area (Å²) in [5.74, 6) is 1.56. The molecule has 0 bridgehead atoms. The van der Waals surface area contributed by atoms with Gasteiger partial charge in [0.15, 0.2) is 0 Å². The molecule has 4 nitrogen and oxygen atoms in total. The van der Waals surface area contributed by atoms with E-state index >= 15 is 0 Å². The fraction of sp³-hybridized carbons (Fsp3) is 0.300. The number of ether oxygens (including phenoxy) is 1. The van der Waals surface area contributed by atoms with Crippen LogP contribution in [0.4, 0.5) is 0 Å². The van der Waals surface area contributed by atoms with E-state index in [1.54, 1.807) is 38.4 Å². The summed E-state index contributed by atoms with van der Waals surface area (Å²) < 4.78 is 6.01. The number of hydrogen-bond donors (Lipinski definition) is 0. The van der Waals surface area contributed by atoms with E-state index in [2.05, 4.69) is 0 Å². The molecule has 0 N–H and O–H groups in total. The van der Waals surface area contributed by atoms with E-state index in [-0.39, 0.29) is 5.91 Å². The number of nitrogens with zero attached hydrogens (tertiary/aromatic N) is 1. The molecule has 0 radical (unpaired) electrons. The first kappa shape index (κ1) is 18.9. The van der Waals surface area contributed by atoms with E-state index in [4.69, 9.17) is 4.74 Å². The first-order valence-electron chi connectivity index (χ1n) is 8.36. The summed E-state index contributed by atoms with van der Waals surface area (Å²) in [6.07, 6.45) is -0.945. The summed E-state index contributed by atoms with van der Waals surface area (Å²) in [4.78, 5) is 26.5. The summed E-state index contributed by atoms with van der Waals surface area (Å²) in [6, 6.07) is 16.6. The molecule has 0 aromatic heterocycles. The van der Waals surface area contributed by atoms with Gasteiger partial charge in [-0.15, -0.1) is 23.5 Å². The summed E-state index contributed by atoms with van der Waals surface area (Å²) in [5, 5.41) is 0. The van der Waals surface area contributed by atoms with Gasteiger partial charge in [-0.05, 0) is 17.7 Å². The van der Waals surface area contributed by atoms with Crippen LogP contribution in [0.15, 0.2) is 54.6 Å². The van der Waals surface area contributed by atoms with Crippen LogP contribution in [0.1, 0.15) is 32.2 Å². The number of esters is 1. The highest BCUT2D eigenvalue weighted by molar-refractivity contribution is 8.19. The van der Waals surface area contributed by atoms with E-state index in [1.165, 1.54) is 10.5 Å². The molecule has 6 heteroatoms. The van der Waals surface area contributed by atoms with Crippen molar-refractivity contribution in [2.24, 2.45) is 0 Å². The lowest BCUT2D eigenvalue weighted by Crippen LogP contribution is -2.31. The van der Waals surface area contributed by atoms with E-state index in [9.17, 15) is 9.59 Å². The Kier molecular flexibility index (Phi) is 6.27. The molecule has 136 valence electrons. The van der Waals surface area contributed by atoms with Gasteiger partial charge in [-0.2, -0.15) is 0 Å². The molecule has 0 unspecified atom stereocenters. The van der Waals surface area contributed by atoms with Crippen LogP contribution in [-0.4, -0.2) is 42.4 Å². The Morgan fingerprint density at radius 2 is 1.62 bits per heavy atom. The summed E-state index contributed by atoms with van der Waals surface area (Å²) >= 11 is 3.84. The Morgan fingerprint density at radius 3 is 2.19 bits per heavy atom. The van der Waals surface area contributed by atoms with Gasteiger partial charge in [0.1, 0.15) is 0 Å². The van der Waals surface area contributed by atoms with E-state index in [0.717, 1.165) is 11.5 Å². The van der Waals surface area contributed by atoms with E-state index in [1.807, 2.05) is 53.9 Å². The monoisotopic (exact) mass is 387 g/mol. The van der Waals surface area contributed by atoms with Crippen molar-refractivity contribution >= 4 is 35.4 Å². The van der Waals surface area contributed by atoms with Crippen LogP contribution in [0.5, 0.6) is 0 Å². The zero-order chi connectivity index (χ0) is 18.5. The zero-order valence-electron chi connectivity index (χ0n) is 14.8. The van der Waals surface area contributed by atoms with Gasteiger partial charge in [0, 0.05) is 31.2 Å². The van der Waals surface area contributed by atoms with Crippen molar-refractivity contribution in [3.8, 4) is 0 Å². The predicted molar refractivity (Wildman–Crippen MR) is 107 cm³/mol. The lowest BCUT2D eigenvalue weighted by atomic mass is 10.1. The summed E-state index contributed by atoms with van der Waals surface area (Å²) in [6.45, 7) is 0. The van der Waals surface area contributed by atoms with Crippen LogP contribution >= 0.6 is 23.5 Å². The minimum atomic E-state index is -0.945. The van der Waals surface area contributed by atoms with Crippen molar-refractivity contribution in [3.63, 3.8) is 0 Å². The second-order valence-electron chi connectivity index (χ2n) is 6.12. The predicted octanol–water partition coefficient (Wildman–Crippen LogP) is 4.15. The molecule has 1 saturated heterocycles. The largest absolute Gasteiger partial charge is 0.444 e. The third-order valence-electron chi connectivity index (χ3n) is 4.03. The number of thioether (sulfide) groups is 2. The highest BCUT2D eigenvalue weighted by atomic mass is 32.2. The quantitative estimate of drug-likeness (QED) is 0.721. The van der Waals surface area contributed by atoms with Crippen molar-refractivity contribution in [2.75, 3.05) is 25.6 Å². The van der Waals surface area contributed by atoms with E-state index < -0.39 is 12.1 Å². The first-order chi connectivity index (χ1) is 12.6. The van der Waals surface area contributed by atoms with Crippen LogP contribution in [0.25, 0.3) is 0 Å². The normalized spacial score (nSPS) is 15.5. The van der Waals surface area contributed by atoms with E-state index in [0.29, 0.717) is 15.7 Å². The summed E-state index contributed by atoms with van der Waals surface area (Å²) in [5.41, 5.74) is 2.32. The molecule has 0 spiro atoms. The molecular weight excluding hydrogens is 366 g/mol. The molecule has 1 aliphatic rings. The molecule has 1 fully saturated rings. The van der Waals surface area contributed by atoms with Crippen LogP contribution in [0, 0.1) is 0 Å². The first-order valence-corrected chi connectivity index (χ1v) is 10.5. The van der Waals surface area contributed by atoms with Gasteiger partial charge in [0.25, 0.3) is 5.91 Å². The van der Waals surface area contributed by atoms with Gasteiger partial charge in [-0.1, -0.05) is 42.5 Å². The maximum atomic E-state index is 12.6. The van der Waals surface area contributed by atoms with Crippen molar-refractivity contribution in [2.45, 2.75) is 10.7 Å². The van der Waals surface area contributed by atoms with Crippen LogP contribution < -0.4 is 0 Å². The molecule has 3 rings (SSSR count). The number of carbonyl (C=O) groups excluding carboxylic acids is 2. The lowest BCUT2D eigenvalue weighted by molar-refractivity contribution is -0.138. The lowest BCUT2D eigenvalue weighted by Gasteiger charge is -2.21. The Hall–Kier alpha value is -1.92. The van der Waals surface area contributed by atoms with Crippen molar-refractivity contribution in [1.29, 1.82) is 0 Å². The number of carbonyl (C=O) groups is 2. The second-order valence-corrected chi connectivity index (χ2v) is 8.85. The van der Waals surface area contributed by atoms with Crippen LogP contribution in [-0.2, 0) is 9.53 Å². The van der Waals surface area contributed by atoms with Crippen molar-refractivity contribution in [1.82, 2.24) is 4.90 Å². The van der Waals surface area contributed by atoms with Crippen molar-refractivity contribution < 1.29 is 14.3 Å². The van der Waals surface area contributed by atoms with Crippen LogP contribution in [0.3, 0.4) is 0 Å². The molecule has 1 aliphatic heterocycles. The third-order valence-corrected chi connectivity index (χ3v) is 7.14. The number of likely N-dealkylation sites (N-methyl/N-ethyl adjacent to an activating group) is 1. The minimum absolute atomic E-state index is 0.264. The Bertz CT molecular complexity index is 756. The molecule has 26 heavy (non-hydrogen) atoms. The smallest absolute Gasteiger partial charge is 0.339 e. The van der Waals surface area contributed by atoms with Gasteiger partial charge in [-0.25, -0.2) is 4.79 Å². The molecule has 2 aromatic rings. The highest BCUT2D eigenvalue weighted by Crippen LogP contribution is 2.45. The molecular formula is C20H21NO3S2. The second kappa shape index (κ2) is 8.64. The summed E-state index contributed by atoms with van der Waals surface area (Å²) in [7, 11) is 3.30. The maximum absolute atomic E-state index is 12.6. The average molecular weight is 388 g/mol. The molecule has 2 aromatic carbocycles. The SMILES string of the molecule is CN(C)C(=O)[C@H](OC(=O)c1ccc(C2SCCS2)cc1)c1ccccc1. The number of amides is 1. The Morgan fingerprint density at radius 1 is 1.00 bits per heavy atom. The Balaban J connectivity index is 1.76. The third kappa shape index (κ3) is 4.43. The van der Waals surface area contributed by atoms with Crippen molar-refractivity contribution in [3.05, 3.63) is 71.3 Å². The fourth-order valence-electron chi connectivity index (χ4n) is 2.63. The van der Waals surface area contributed by atoms with Crippen LogP contribution in [0.2, 0.25) is 0 Å². The molecule has 0 aliphatic carbocycles. The zero-order valence-corrected chi connectivity index (χ0v) is 16.4. The molecule has 1 amide bonds. The van der Waals surface area contributed by atoms with Gasteiger partial charge in [0.05, 0.1) is 10.1 Å². The average Bonchev–Trinajstić information content (AvgIpc) is 3.21. The fourth-order valence-corrected chi connectivity index (χ4v) is 5.49. The number of benzene rings is 2. The number of rotatable bonds is 5. The van der Waals surface area contributed by atoms with Gasteiger partial charge in [0.2, 0.25) is 6.10 Å².